The average Bonchev–Trinajstić information content (AvgIpc) is 2.91. The standard InChI is InChI=1S/C28H24F3N3O5/c1-17-6-7-18(14-23(17)28(29,30)31)16-39-21-10-8-19(9-11-21)25(35)15-20(27(37)38)12-13-34-26(36)22-4-2-3-5-24(22)32-33-34/h2-11,14,20H,12-13,15-16H2,1H3,(H,37,38). The van der Waals surface area contributed by atoms with Crippen LogP contribution in [0.25, 0.3) is 10.9 Å². The van der Waals surface area contributed by atoms with Gasteiger partial charge in [0.2, 0.25) is 0 Å². The van der Waals surface area contributed by atoms with Crippen molar-refractivity contribution in [3.63, 3.8) is 0 Å². The number of fused-ring (bicyclic) bond motifs is 1. The fourth-order valence-electron chi connectivity index (χ4n) is 4.07. The molecule has 1 N–H and O–H groups in total. The largest absolute Gasteiger partial charge is 0.489 e. The molecule has 0 bridgehead atoms. The molecule has 4 rings (SSSR count). The Morgan fingerprint density at radius 1 is 1.05 bits per heavy atom. The predicted octanol–water partition coefficient (Wildman–Crippen LogP) is 5.06. The van der Waals surface area contributed by atoms with Crippen LogP contribution >= 0.6 is 0 Å². The smallest absolute Gasteiger partial charge is 0.416 e. The number of carboxylic acid groups (broad SMARTS) is 1. The summed E-state index contributed by atoms with van der Waals surface area (Å²) in [4.78, 5) is 37.1. The summed E-state index contributed by atoms with van der Waals surface area (Å²) in [5.41, 5.74) is 0.0210. The van der Waals surface area contributed by atoms with Crippen LogP contribution in [0.5, 0.6) is 5.75 Å². The van der Waals surface area contributed by atoms with Gasteiger partial charge in [-0.2, -0.15) is 13.2 Å². The second kappa shape index (κ2) is 11.5. The van der Waals surface area contributed by atoms with Gasteiger partial charge in [0, 0.05) is 18.5 Å². The minimum absolute atomic E-state index is 0.00828. The summed E-state index contributed by atoms with van der Waals surface area (Å²) in [5, 5.41) is 17.8. The summed E-state index contributed by atoms with van der Waals surface area (Å²) in [6.07, 6.45) is -4.77. The van der Waals surface area contributed by atoms with Crippen molar-refractivity contribution in [2.24, 2.45) is 5.92 Å². The van der Waals surface area contributed by atoms with E-state index in [1.165, 1.54) is 37.3 Å². The first-order valence-corrected chi connectivity index (χ1v) is 12.0. The van der Waals surface area contributed by atoms with E-state index in [1.54, 1.807) is 30.3 Å². The van der Waals surface area contributed by atoms with Crippen LogP contribution in [0.1, 0.15) is 39.9 Å². The Hall–Kier alpha value is -4.54. The number of halogens is 3. The summed E-state index contributed by atoms with van der Waals surface area (Å²) in [5.74, 6) is -2.32. The van der Waals surface area contributed by atoms with Crippen LogP contribution in [0.3, 0.4) is 0 Å². The molecule has 1 heterocycles. The molecule has 202 valence electrons. The Bertz CT molecular complexity index is 1570. The van der Waals surface area contributed by atoms with Crippen molar-refractivity contribution in [3.8, 4) is 5.75 Å². The molecule has 0 aliphatic heterocycles. The van der Waals surface area contributed by atoms with Crippen molar-refractivity contribution >= 4 is 22.7 Å². The van der Waals surface area contributed by atoms with E-state index in [1.807, 2.05) is 0 Å². The molecule has 1 aromatic heterocycles. The van der Waals surface area contributed by atoms with Crippen LogP contribution in [-0.2, 0) is 24.1 Å². The molecule has 0 aliphatic rings. The highest BCUT2D eigenvalue weighted by Crippen LogP contribution is 2.32. The van der Waals surface area contributed by atoms with Crippen LogP contribution in [0, 0.1) is 12.8 Å². The number of aliphatic carboxylic acids is 1. The summed E-state index contributed by atoms with van der Waals surface area (Å²) >= 11 is 0. The number of carbonyl (C=O) groups excluding carboxylic acids is 1. The van der Waals surface area contributed by atoms with Crippen LogP contribution in [-0.4, -0.2) is 31.9 Å². The minimum atomic E-state index is -4.46. The third-order valence-corrected chi connectivity index (χ3v) is 6.29. The molecule has 0 spiro atoms. The van der Waals surface area contributed by atoms with Crippen molar-refractivity contribution in [2.75, 3.05) is 0 Å². The van der Waals surface area contributed by atoms with Gasteiger partial charge in [0.05, 0.1) is 16.9 Å². The molecule has 8 nitrogen and oxygen atoms in total. The molecule has 0 aliphatic carbocycles. The molecular weight excluding hydrogens is 515 g/mol. The maximum atomic E-state index is 13.1. The molecule has 11 heteroatoms. The predicted molar refractivity (Wildman–Crippen MR) is 135 cm³/mol. The Kier molecular flexibility index (Phi) is 8.08. The SMILES string of the molecule is Cc1ccc(COc2ccc(C(=O)CC(CCn3nnc4ccccc4c3=O)C(=O)O)cc2)cc1C(F)(F)F. The summed E-state index contributed by atoms with van der Waals surface area (Å²) in [7, 11) is 0. The van der Waals surface area contributed by atoms with Gasteiger partial charge in [-0.25, -0.2) is 4.68 Å². The summed E-state index contributed by atoms with van der Waals surface area (Å²) in [6, 6.07) is 16.6. The van der Waals surface area contributed by atoms with Gasteiger partial charge in [0.1, 0.15) is 17.9 Å². The molecule has 3 aromatic carbocycles. The number of benzene rings is 3. The molecule has 1 atom stereocenters. The number of ketones is 1. The zero-order chi connectivity index (χ0) is 28.2. The fraction of sp³-hybridized carbons (Fsp3) is 0.250. The van der Waals surface area contributed by atoms with Crippen molar-refractivity contribution in [2.45, 2.75) is 39.1 Å². The number of carboxylic acids is 1. The lowest BCUT2D eigenvalue weighted by Crippen LogP contribution is -2.27. The van der Waals surface area contributed by atoms with E-state index < -0.39 is 35.0 Å². The topological polar surface area (TPSA) is 111 Å². The van der Waals surface area contributed by atoms with Gasteiger partial charge in [0.15, 0.2) is 5.78 Å². The second-order valence-electron chi connectivity index (χ2n) is 9.05. The summed E-state index contributed by atoms with van der Waals surface area (Å²) < 4.78 is 46.0. The van der Waals surface area contributed by atoms with E-state index in [0.29, 0.717) is 22.2 Å². The highest BCUT2D eigenvalue weighted by molar-refractivity contribution is 5.98. The third-order valence-electron chi connectivity index (χ3n) is 6.29. The van der Waals surface area contributed by atoms with Gasteiger partial charge in [-0.05, 0) is 66.9 Å². The minimum Gasteiger partial charge on any atom is -0.489 e. The number of Topliss-reactive ketones (excluding diaryl/α,β-unsaturated/α-hetero) is 1. The van der Waals surface area contributed by atoms with E-state index in [9.17, 15) is 32.7 Å². The number of hydrogen-bond acceptors (Lipinski definition) is 6. The number of rotatable bonds is 10. The highest BCUT2D eigenvalue weighted by atomic mass is 19.4. The van der Waals surface area contributed by atoms with Crippen LogP contribution in [0.4, 0.5) is 13.2 Å². The van der Waals surface area contributed by atoms with Crippen molar-refractivity contribution in [3.05, 3.63) is 99.3 Å². The number of carbonyl (C=O) groups is 2. The zero-order valence-electron chi connectivity index (χ0n) is 20.8. The summed E-state index contributed by atoms with van der Waals surface area (Å²) in [6.45, 7) is 1.26. The fourth-order valence-corrected chi connectivity index (χ4v) is 4.07. The zero-order valence-corrected chi connectivity index (χ0v) is 20.8. The molecule has 1 unspecified atom stereocenters. The monoisotopic (exact) mass is 539 g/mol. The van der Waals surface area contributed by atoms with Crippen LogP contribution in [0.2, 0.25) is 0 Å². The molecule has 4 aromatic rings. The van der Waals surface area contributed by atoms with Gasteiger partial charge >= 0.3 is 12.1 Å². The number of nitrogens with zero attached hydrogens (tertiary/aromatic N) is 3. The lowest BCUT2D eigenvalue weighted by molar-refractivity contribution is -0.142. The van der Waals surface area contributed by atoms with Gasteiger partial charge in [-0.1, -0.05) is 29.5 Å². The van der Waals surface area contributed by atoms with Gasteiger partial charge in [0.25, 0.3) is 5.56 Å². The van der Waals surface area contributed by atoms with E-state index in [4.69, 9.17) is 4.74 Å². The number of hydrogen-bond donors (Lipinski definition) is 1. The molecule has 0 saturated carbocycles. The molecule has 0 radical (unpaired) electrons. The normalized spacial score (nSPS) is 12.3. The van der Waals surface area contributed by atoms with Gasteiger partial charge < -0.3 is 9.84 Å². The van der Waals surface area contributed by atoms with Crippen molar-refractivity contribution in [1.82, 2.24) is 15.0 Å². The first-order chi connectivity index (χ1) is 18.5. The molecule has 0 fully saturated rings. The molecule has 0 saturated heterocycles. The highest BCUT2D eigenvalue weighted by Gasteiger charge is 2.32. The number of alkyl halides is 3. The lowest BCUT2D eigenvalue weighted by atomic mass is 9.95. The number of ether oxygens (including phenoxy) is 1. The lowest BCUT2D eigenvalue weighted by Gasteiger charge is -2.13. The van der Waals surface area contributed by atoms with E-state index in [0.717, 1.165) is 10.7 Å². The number of aryl methyl sites for hydroxylation is 2. The Morgan fingerprint density at radius 3 is 2.46 bits per heavy atom. The maximum absolute atomic E-state index is 13.1. The third kappa shape index (κ3) is 6.67. The van der Waals surface area contributed by atoms with Crippen LogP contribution in [0.15, 0.2) is 71.5 Å². The Balaban J connectivity index is 1.36. The van der Waals surface area contributed by atoms with Crippen molar-refractivity contribution in [1.29, 1.82) is 0 Å². The van der Waals surface area contributed by atoms with Crippen LogP contribution < -0.4 is 10.3 Å². The quantitative estimate of drug-likeness (QED) is 0.280. The first-order valence-electron chi connectivity index (χ1n) is 12.0. The van der Waals surface area contributed by atoms with E-state index in [2.05, 4.69) is 10.3 Å². The average molecular weight is 540 g/mol. The van der Waals surface area contributed by atoms with Gasteiger partial charge in [-0.3, -0.25) is 14.4 Å². The molecule has 0 amide bonds. The van der Waals surface area contributed by atoms with E-state index >= 15 is 0 Å². The number of aromatic nitrogens is 3. The second-order valence-corrected chi connectivity index (χ2v) is 9.05. The molecular formula is C28H24F3N3O5. The maximum Gasteiger partial charge on any atom is 0.416 e. The van der Waals surface area contributed by atoms with Crippen molar-refractivity contribution < 1.29 is 32.6 Å². The van der Waals surface area contributed by atoms with Gasteiger partial charge in [-0.15, -0.1) is 5.10 Å². The Labute approximate surface area is 220 Å². The Morgan fingerprint density at radius 2 is 1.77 bits per heavy atom. The first kappa shape index (κ1) is 27.5. The van der Waals surface area contributed by atoms with E-state index in [-0.39, 0.29) is 37.1 Å². The molecule has 39 heavy (non-hydrogen) atoms.